The van der Waals surface area contributed by atoms with E-state index in [2.05, 4.69) is 25.8 Å². The molecule has 1 aliphatic heterocycles. The maximum absolute atomic E-state index is 2.52. The summed E-state index contributed by atoms with van der Waals surface area (Å²) in [6, 6.07) is 0. The van der Waals surface area contributed by atoms with E-state index in [0.717, 1.165) is 23.7 Å². The summed E-state index contributed by atoms with van der Waals surface area (Å²) in [5, 5.41) is 0. The first-order valence-electron chi connectivity index (χ1n) is 8.87. The van der Waals surface area contributed by atoms with Crippen LogP contribution in [-0.2, 0) is 0 Å². The van der Waals surface area contributed by atoms with Crippen molar-refractivity contribution in [2.75, 3.05) is 20.1 Å². The molecule has 2 atom stereocenters. The Balaban J connectivity index is 1.88. The average Bonchev–Trinajstić information content (AvgIpc) is 2.91. The monoisotopic (exact) mass is 265 g/mol. The molecule has 1 saturated carbocycles. The Labute approximate surface area is 121 Å². The molecule has 2 aliphatic rings. The van der Waals surface area contributed by atoms with Crippen LogP contribution in [0.15, 0.2) is 0 Å². The Kier molecular flexibility index (Phi) is 6.19. The zero-order chi connectivity index (χ0) is 13.7. The lowest BCUT2D eigenvalue weighted by atomic mass is 9.74. The van der Waals surface area contributed by atoms with Gasteiger partial charge in [0.25, 0.3) is 0 Å². The molecule has 1 heterocycles. The van der Waals surface area contributed by atoms with E-state index in [1.807, 2.05) is 0 Å². The van der Waals surface area contributed by atoms with Gasteiger partial charge in [-0.25, -0.2) is 0 Å². The summed E-state index contributed by atoms with van der Waals surface area (Å²) < 4.78 is 0. The zero-order valence-electron chi connectivity index (χ0n) is 13.5. The highest BCUT2D eigenvalue weighted by atomic mass is 15.1. The molecule has 0 bridgehead atoms. The molecular formula is C18H35N. The molecule has 0 radical (unpaired) electrons. The van der Waals surface area contributed by atoms with E-state index in [4.69, 9.17) is 0 Å². The fraction of sp³-hybridized carbons (Fsp3) is 1.00. The molecule has 112 valence electrons. The third kappa shape index (κ3) is 4.77. The lowest BCUT2D eigenvalue weighted by Gasteiger charge is -2.36. The molecule has 2 fully saturated rings. The predicted octanol–water partition coefficient (Wildman–Crippen LogP) is 4.96. The van der Waals surface area contributed by atoms with Gasteiger partial charge in [0.1, 0.15) is 0 Å². The highest BCUT2D eigenvalue weighted by molar-refractivity contribution is 4.81. The Bertz CT molecular complexity index is 236. The van der Waals surface area contributed by atoms with Crippen molar-refractivity contribution in [3.63, 3.8) is 0 Å². The minimum absolute atomic E-state index is 0.936. The molecule has 0 spiro atoms. The summed E-state index contributed by atoms with van der Waals surface area (Å²) in [5.41, 5.74) is 0. The van der Waals surface area contributed by atoms with E-state index in [0.29, 0.717) is 0 Å². The minimum Gasteiger partial charge on any atom is -0.306 e. The molecular weight excluding hydrogens is 230 g/mol. The smallest absolute Gasteiger partial charge is 0.00190 e. The minimum atomic E-state index is 0.936. The second kappa shape index (κ2) is 7.67. The molecule has 0 amide bonds. The maximum Gasteiger partial charge on any atom is -0.00190 e. The molecule has 0 aromatic heterocycles. The van der Waals surface area contributed by atoms with Gasteiger partial charge in [0, 0.05) is 0 Å². The summed E-state index contributed by atoms with van der Waals surface area (Å²) in [6.07, 6.45) is 13.4. The number of likely N-dealkylation sites (tertiary alicyclic amines) is 1. The fourth-order valence-corrected chi connectivity index (χ4v) is 4.34. The molecule has 1 nitrogen and oxygen atoms in total. The van der Waals surface area contributed by atoms with Crippen molar-refractivity contribution in [3.05, 3.63) is 0 Å². The maximum atomic E-state index is 2.52. The van der Waals surface area contributed by atoms with E-state index < -0.39 is 0 Å². The van der Waals surface area contributed by atoms with Gasteiger partial charge < -0.3 is 4.90 Å². The van der Waals surface area contributed by atoms with Crippen LogP contribution in [0.3, 0.4) is 0 Å². The predicted molar refractivity (Wildman–Crippen MR) is 84.4 cm³/mol. The Morgan fingerprint density at radius 2 is 1.68 bits per heavy atom. The van der Waals surface area contributed by atoms with Crippen LogP contribution in [0.5, 0.6) is 0 Å². The summed E-state index contributed by atoms with van der Waals surface area (Å²) >= 11 is 0. The van der Waals surface area contributed by atoms with Gasteiger partial charge in [-0.15, -0.1) is 0 Å². The van der Waals surface area contributed by atoms with Gasteiger partial charge in [0.15, 0.2) is 0 Å². The number of hydrogen-bond acceptors (Lipinski definition) is 1. The van der Waals surface area contributed by atoms with Crippen molar-refractivity contribution in [1.29, 1.82) is 0 Å². The third-order valence-corrected chi connectivity index (χ3v) is 5.94. The van der Waals surface area contributed by atoms with E-state index in [1.165, 1.54) is 64.5 Å². The van der Waals surface area contributed by atoms with Gasteiger partial charge in [-0.3, -0.25) is 0 Å². The lowest BCUT2D eigenvalue weighted by molar-refractivity contribution is 0.135. The van der Waals surface area contributed by atoms with Crippen molar-refractivity contribution in [1.82, 2.24) is 4.90 Å². The van der Waals surface area contributed by atoms with Crippen molar-refractivity contribution in [3.8, 4) is 0 Å². The number of hydrogen-bond donors (Lipinski definition) is 0. The van der Waals surface area contributed by atoms with E-state index in [-0.39, 0.29) is 0 Å². The summed E-state index contributed by atoms with van der Waals surface area (Å²) in [6.45, 7) is 7.52. The van der Waals surface area contributed by atoms with Crippen LogP contribution in [0.4, 0.5) is 0 Å². The molecule has 19 heavy (non-hydrogen) atoms. The Morgan fingerprint density at radius 1 is 1.05 bits per heavy atom. The van der Waals surface area contributed by atoms with Crippen molar-refractivity contribution >= 4 is 0 Å². The Morgan fingerprint density at radius 3 is 2.26 bits per heavy atom. The van der Waals surface area contributed by atoms with E-state index >= 15 is 0 Å². The zero-order valence-corrected chi connectivity index (χ0v) is 13.5. The van der Waals surface area contributed by atoms with Crippen molar-refractivity contribution < 1.29 is 0 Å². The van der Waals surface area contributed by atoms with Crippen molar-refractivity contribution in [2.45, 2.75) is 71.6 Å². The van der Waals surface area contributed by atoms with Crippen LogP contribution in [0.25, 0.3) is 0 Å². The first-order chi connectivity index (χ1) is 9.19. The van der Waals surface area contributed by atoms with Crippen LogP contribution in [0.1, 0.15) is 71.6 Å². The van der Waals surface area contributed by atoms with Gasteiger partial charge in [-0.1, -0.05) is 46.0 Å². The fourth-order valence-electron chi connectivity index (χ4n) is 4.34. The SMILES string of the molecule is CCC(C)CC(CC1CCCC1)C1CCN(C)CC1. The molecule has 2 unspecified atom stereocenters. The van der Waals surface area contributed by atoms with E-state index in [9.17, 15) is 0 Å². The molecule has 1 saturated heterocycles. The van der Waals surface area contributed by atoms with Crippen LogP contribution < -0.4 is 0 Å². The van der Waals surface area contributed by atoms with Crippen LogP contribution in [0, 0.1) is 23.7 Å². The number of rotatable bonds is 6. The molecule has 0 N–H and O–H groups in total. The van der Waals surface area contributed by atoms with Crippen LogP contribution in [-0.4, -0.2) is 25.0 Å². The molecule has 0 aromatic carbocycles. The second-order valence-corrected chi connectivity index (χ2v) is 7.54. The van der Waals surface area contributed by atoms with Gasteiger partial charge in [0.05, 0.1) is 0 Å². The quantitative estimate of drug-likeness (QED) is 0.656. The molecule has 2 rings (SSSR count). The van der Waals surface area contributed by atoms with Gasteiger partial charge in [-0.2, -0.15) is 0 Å². The van der Waals surface area contributed by atoms with Crippen LogP contribution in [0.2, 0.25) is 0 Å². The summed E-state index contributed by atoms with van der Waals surface area (Å²) in [5.74, 6) is 4.08. The topological polar surface area (TPSA) is 3.24 Å². The Hall–Kier alpha value is -0.0400. The highest BCUT2D eigenvalue weighted by Crippen LogP contribution is 2.39. The highest BCUT2D eigenvalue weighted by Gasteiger charge is 2.29. The van der Waals surface area contributed by atoms with Gasteiger partial charge in [0.2, 0.25) is 0 Å². The third-order valence-electron chi connectivity index (χ3n) is 5.94. The second-order valence-electron chi connectivity index (χ2n) is 7.54. The summed E-state index contributed by atoms with van der Waals surface area (Å²) in [7, 11) is 2.29. The largest absolute Gasteiger partial charge is 0.306 e. The summed E-state index contributed by atoms with van der Waals surface area (Å²) in [4.78, 5) is 2.52. The van der Waals surface area contributed by atoms with Gasteiger partial charge >= 0.3 is 0 Å². The van der Waals surface area contributed by atoms with E-state index in [1.54, 1.807) is 6.42 Å². The first kappa shape index (κ1) is 15.4. The van der Waals surface area contributed by atoms with Crippen LogP contribution >= 0.6 is 0 Å². The van der Waals surface area contributed by atoms with Crippen molar-refractivity contribution in [2.24, 2.45) is 23.7 Å². The number of nitrogens with zero attached hydrogens (tertiary/aromatic N) is 1. The van der Waals surface area contributed by atoms with Gasteiger partial charge in [-0.05, 0) is 69.5 Å². The normalized spacial score (nSPS) is 26.7. The first-order valence-corrected chi connectivity index (χ1v) is 8.87. The standard InChI is InChI=1S/C18H35N/c1-4-15(2)13-18(14-16-7-5-6-8-16)17-9-11-19(3)12-10-17/h15-18H,4-14H2,1-3H3. The number of piperidine rings is 1. The molecule has 1 heteroatoms. The lowest BCUT2D eigenvalue weighted by Crippen LogP contribution is -2.34. The average molecular weight is 265 g/mol. The molecule has 0 aromatic rings. The molecule has 1 aliphatic carbocycles.